The van der Waals surface area contributed by atoms with Gasteiger partial charge >= 0.3 is 0 Å². The Bertz CT molecular complexity index is 563. The van der Waals surface area contributed by atoms with Gasteiger partial charge in [0.15, 0.2) is 0 Å². The minimum atomic E-state index is -0.259. The van der Waals surface area contributed by atoms with Crippen molar-refractivity contribution in [1.29, 1.82) is 0 Å². The molecule has 23 heavy (non-hydrogen) atoms. The number of anilines is 1. The van der Waals surface area contributed by atoms with Crippen molar-refractivity contribution in [3.8, 4) is 0 Å². The lowest BCUT2D eigenvalue weighted by Gasteiger charge is -2.20. The number of hydrogen-bond donors (Lipinski definition) is 2. The van der Waals surface area contributed by atoms with Gasteiger partial charge in [-0.15, -0.1) is 12.4 Å². The summed E-state index contributed by atoms with van der Waals surface area (Å²) in [7, 11) is 0. The van der Waals surface area contributed by atoms with Gasteiger partial charge in [0, 0.05) is 25.2 Å². The molecule has 0 bridgehead atoms. The third-order valence-corrected chi connectivity index (χ3v) is 4.29. The van der Waals surface area contributed by atoms with Crippen LogP contribution in [-0.2, 0) is 9.59 Å². The van der Waals surface area contributed by atoms with Crippen LogP contribution in [0.5, 0.6) is 0 Å². The second-order valence-electron chi connectivity index (χ2n) is 5.91. The Morgan fingerprint density at radius 2 is 2.09 bits per heavy atom. The summed E-state index contributed by atoms with van der Waals surface area (Å²) >= 11 is 0. The number of benzene rings is 1. The molecule has 2 rings (SSSR count). The number of carbonyl (C=O) groups excluding carboxylic acids is 2. The first-order valence-corrected chi connectivity index (χ1v) is 7.89. The topological polar surface area (TPSA) is 75.4 Å². The fourth-order valence-corrected chi connectivity index (χ4v) is 2.77. The van der Waals surface area contributed by atoms with Gasteiger partial charge in [-0.2, -0.15) is 0 Å². The number of rotatable bonds is 6. The van der Waals surface area contributed by atoms with Gasteiger partial charge in [0.25, 0.3) is 0 Å². The molecule has 0 aliphatic carbocycles. The summed E-state index contributed by atoms with van der Waals surface area (Å²) < 4.78 is 0. The lowest BCUT2D eigenvalue weighted by atomic mass is 10.1. The molecule has 1 unspecified atom stereocenters. The lowest BCUT2D eigenvalue weighted by molar-refractivity contribution is -0.126. The highest BCUT2D eigenvalue weighted by Gasteiger charge is 2.35. The number of nitrogens with one attached hydrogen (secondary N) is 1. The zero-order chi connectivity index (χ0) is 16.1. The SMILES string of the molecule is Cc1cccc(N2CC(C(=O)NCCCCN)CC2=O)c1C.Cl. The van der Waals surface area contributed by atoms with Crippen molar-refractivity contribution in [3.63, 3.8) is 0 Å². The van der Waals surface area contributed by atoms with Gasteiger partial charge in [-0.3, -0.25) is 9.59 Å². The number of carbonyl (C=O) groups is 2. The molecule has 2 amide bonds. The smallest absolute Gasteiger partial charge is 0.227 e. The van der Waals surface area contributed by atoms with Crippen LogP contribution in [0.4, 0.5) is 5.69 Å². The van der Waals surface area contributed by atoms with Crippen LogP contribution < -0.4 is 16.0 Å². The Labute approximate surface area is 144 Å². The highest BCUT2D eigenvalue weighted by molar-refractivity contribution is 6.00. The summed E-state index contributed by atoms with van der Waals surface area (Å²) in [5, 5.41) is 2.90. The molecule has 1 heterocycles. The lowest BCUT2D eigenvalue weighted by Crippen LogP contribution is -2.33. The molecule has 1 aliphatic rings. The van der Waals surface area contributed by atoms with Crippen molar-refractivity contribution in [3.05, 3.63) is 29.3 Å². The van der Waals surface area contributed by atoms with Crippen LogP contribution in [0.1, 0.15) is 30.4 Å². The van der Waals surface area contributed by atoms with E-state index in [1.807, 2.05) is 32.0 Å². The van der Waals surface area contributed by atoms with E-state index in [2.05, 4.69) is 5.32 Å². The average Bonchev–Trinajstić information content (AvgIpc) is 2.88. The Kier molecular flexibility index (Phi) is 7.52. The molecular weight excluding hydrogens is 314 g/mol. The van der Waals surface area contributed by atoms with Crippen LogP contribution in [0.3, 0.4) is 0 Å². The van der Waals surface area contributed by atoms with Crippen LogP contribution >= 0.6 is 12.4 Å². The van der Waals surface area contributed by atoms with Crippen LogP contribution in [0.15, 0.2) is 18.2 Å². The first-order valence-electron chi connectivity index (χ1n) is 7.89. The summed E-state index contributed by atoms with van der Waals surface area (Å²) in [5.74, 6) is -0.265. The zero-order valence-electron chi connectivity index (χ0n) is 13.8. The van der Waals surface area contributed by atoms with E-state index in [4.69, 9.17) is 5.73 Å². The van der Waals surface area contributed by atoms with Crippen molar-refractivity contribution in [2.45, 2.75) is 33.1 Å². The van der Waals surface area contributed by atoms with E-state index in [0.717, 1.165) is 29.7 Å². The van der Waals surface area contributed by atoms with Gasteiger partial charge in [-0.25, -0.2) is 0 Å². The molecule has 5 nitrogen and oxygen atoms in total. The third-order valence-electron chi connectivity index (χ3n) is 4.29. The fourth-order valence-electron chi connectivity index (χ4n) is 2.77. The quantitative estimate of drug-likeness (QED) is 0.778. The number of nitrogens with zero attached hydrogens (tertiary/aromatic N) is 1. The number of halogens is 1. The number of unbranched alkanes of at least 4 members (excludes halogenated alkanes) is 1. The number of nitrogens with two attached hydrogens (primary N) is 1. The molecule has 0 saturated carbocycles. The predicted octanol–water partition coefficient (Wildman–Crippen LogP) is 1.93. The van der Waals surface area contributed by atoms with Crippen LogP contribution in [0.25, 0.3) is 0 Å². The number of amides is 2. The van der Waals surface area contributed by atoms with Crippen molar-refractivity contribution in [1.82, 2.24) is 5.32 Å². The van der Waals surface area contributed by atoms with E-state index in [-0.39, 0.29) is 36.6 Å². The van der Waals surface area contributed by atoms with Crippen molar-refractivity contribution < 1.29 is 9.59 Å². The van der Waals surface area contributed by atoms with Gasteiger partial charge < -0.3 is 16.0 Å². The first-order chi connectivity index (χ1) is 10.5. The van der Waals surface area contributed by atoms with Crippen LogP contribution in [0.2, 0.25) is 0 Å². The van der Waals surface area contributed by atoms with E-state index in [0.29, 0.717) is 19.6 Å². The Hall–Kier alpha value is -1.59. The standard InChI is InChI=1S/C17H25N3O2.ClH/c1-12-6-5-7-15(13(12)2)20-11-14(10-16(20)21)17(22)19-9-4-3-8-18;/h5-7,14H,3-4,8-11,18H2,1-2H3,(H,19,22);1H. The Morgan fingerprint density at radius 3 is 2.78 bits per heavy atom. The minimum Gasteiger partial charge on any atom is -0.356 e. The Balaban J connectivity index is 0.00000264. The fraction of sp³-hybridized carbons (Fsp3) is 0.529. The molecule has 1 atom stereocenters. The second kappa shape index (κ2) is 8.89. The van der Waals surface area contributed by atoms with Gasteiger partial charge in [0.05, 0.1) is 5.92 Å². The molecular formula is C17H26ClN3O2. The molecule has 0 spiro atoms. The molecule has 1 fully saturated rings. The van der Waals surface area contributed by atoms with E-state index < -0.39 is 0 Å². The molecule has 1 aromatic rings. The Morgan fingerprint density at radius 1 is 1.35 bits per heavy atom. The number of hydrogen-bond acceptors (Lipinski definition) is 3. The molecule has 6 heteroatoms. The highest BCUT2D eigenvalue weighted by atomic mass is 35.5. The summed E-state index contributed by atoms with van der Waals surface area (Å²) in [6.45, 7) is 5.77. The predicted molar refractivity (Wildman–Crippen MR) is 94.9 cm³/mol. The maximum absolute atomic E-state index is 12.3. The first kappa shape index (κ1) is 19.5. The molecule has 1 aliphatic heterocycles. The van der Waals surface area contributed by atoms with E-state index in [1.165, 1.54) is 0 Å². The molecule has 3 N–H and O–H groups in total. The second-order valence-corrected chi connectivity index (χ2v) is 5.91. The van der Waals surface area contributed by atoms with Gasteiger partial charge in [-0.05, 0) is 50.4 Å². The van der Waals surface area contributed by atoms with Gasteiger partial charge in [-0.1, -0.05) is 12.1 Å². The summed E-state index contributed by atoms with van der Waals surface area (Å²) in [5.41, 5.74) is 8.60. The van der Waals surface area contributed by atoms with Crippen LogP contribution in [0, 0.1) is 19.8 Å². The van der Waals surface area contributed by atoms with Crippen LogP contribution in [-0.4, -0.2) is 31.4 Å². The molecule has 0 radical (unpaired) electrons. The largest absolute Gasteiger partial charge is 0.356 e. The van der Waals surface area contributed by atoms with Gasteiger partial charge in [0.1, 0.15) is 0 Å². The average molecular weight is 340 g/mol. The molecule has 0 aromatic heterocycles. The molecule has 1 aromatic carbocycles. The van der Waals surface area contributed by atoms with Gasteiger partial charge in [0.2, 0.25) is 11.8 Å². The highest BCUT2D eigenvalue weighted by Crippen LogP contribution is 2.29. The molecule has 128 valence electrons. The normalized spacial score (nSPS) is 17.1. The van der Waals surface area contributed by atoms with Crippen molar-refractivity contribution in [2.75, 3.05) is 24.5 Å². The minimum absolute atomic E-state index is 0. The summed E-state index contributed by atoms with van der Waals surface area (Å²) in [6.07, 6.45) is 2.07. The van der Waals surface area contributed by atoms with Crippen molar-refractivity contribution >= 4 is 29.9 Å². The van der Waals surface area contributed by atoms with E-state index in [9.17, 15) is 9.59 Å². The maximum atomic E-state index is 12.3. The zero-order valence-corrected chi connectivity index (χ0v) is 14.6. The summed E-state index contributed by atoms with van der Waals surface area (Å²) in [6, 6.07) is 5.92. The van der Waals surface area contributed by atoms with Crippen molar-refractivity contribution in [2.24, 2.45) is 11.7 Å². The third kappa shape index (κ3) is 4.69. The van der Waals surface area contributed by atoms with E-state index in [1.54, 1.807) is 4.90 Å². The number of aryl methyl sites for hydroxylation is 1. The van der Waals surface area contributed by atoms with E-state index >= 15 is 0 Å². The monoisotopic (exact) mass is 339 g/mol. The maximum Gasteiger partial charge on any atom is 0.227 e. The summed E-state index contributed by atoms with van der Waals surface area (Å²) in [4.78, 5) is 26.2. The molecule has 1 saturated heterocycles.